The summed E-state index contributed by atoms with van der Waals surface area (Å²) in [7, 11) is 0. The fourth-order valence-electron chi connectivity index (χ4n) is 4.44. The molecule has 0 aromatic heterocycles. The van der Waals surface area contributed by atoms with Crippen LogP contribution in [-0.4, -0.2) is 34.3 Å². The maximum atomic E-state index is 13.1. The smallest absolute Gasteiger partial charge is 0.248 e. The van der Waals surface area contributed by atoms with Crippen LogP contribution in [0.15, 0.2) is 0 Å². The van der Waals surface area contributed by atoms with Gasteiger partial charge in [0.15, 0.2) is 0 Å². The molecule has 1 spiro atoms. The highest BCUT2D eigenvalue weighted by molar-refractivity contribution is 6.02. The Morgan fingerprint density at radius 1 is 1.14 bits per heavy atom. The van der Waals surface area contributed by atoms with Gasteiger partial charge < -0.3 is 10.2 Å². The Labute approximate surface area is 127 Å². The molecule has 3 fully saturated rings. The van der Waals surface area contributed by atoms with Crippen molar-refractivity contribution in [2.75, 3.05) is 6.54 Å². The normalized spacial score (nSPS) is 33.0. The van der Waals surface area contributed by atoms with Gasteiger partial charge in [0.2, 0.25) is 11.8 Å². The van der Waals surface area contributed by atoms with E-state index in [4.69, 9.17) is 0 Å². The Bertz CT molecular complexity index is 436. The quantitative estimate of drug-likeness (QED) is 0.869. The van der Waals surface area contributed by atoms with E-state index in [-0.39, 0.29) is 11.8 Å². The molecule has 2 saturated carbocycles. The molecule has 1 unspecified atom stereocenters. The second kappa shape index (κ2) is 5.29. The minimum atomic E-state index is -0.705. The highest BCUT2D eigenvalue weighted by Crippen LogP contribution is 2.42. The zero-order chi connectivity index (χ0) is 15.1. The maximum Gasteiger partial charge on any atom is 0.248 e. The summed E-state index contributed by atoms with van der Waals surface area (Å²) in [5, 5.41) is 3.05. The molecule has 118 valence electrons. The Balaban J connectivity index is 1.91. The van der Waals surface area contributed by atoms with Crippen LogP contribution in [0.2, 0.25) is 0 Å². The molecule has 1 aliphatic heterocycles. The van der Waals surface area contributed by atoms with E-state index in [1.165, 1.54) is 25.7 Å². The van der Waals surface area contributed by atoms with Gasteiger partial charge in [-0.15, -0.1) is 0 Å². The van der Waals surface area contributed by atoms with Crippen LogP contribution in [0.5, 0.6) is 0 Å². The van der Waals surface area contributed by atoms with Crippen molar-refractivity contribution in [2.24, 2.45) is 5.92 Å². The van der Waals surface area contributed by atoms with Gasteiger partial charge in [-0.1, -0.05) is 32.6 Å². The Morgan fingerprint density at radius 3 is 2.33 bits per heavy atom. The lowest BCUT2D eigenvalue weighted by atomic mass is 9.82. The number of nitrogens with one attached hydrogen (secondary N) is 1. The molecule has 4 heteroatoms. The lowest BCUT2D eigenvalue weighted by Gasteiger charge is -2.51. The number of hydrogen-bond acceptors (Lipinski definition) is 2. The van der Waals surface area contributed by atoms with Crippen LogP contribution in [0.3, 0.4) is 0 Å². The molecule has 0 aromatic carbocycles. The molecule has 3 rings (SSSR count). The van der Waals surface area contributed by atoms with Crippen molar-refractivity contribution in [3.8, 4) is 0 Å². The van der Waals surface area contributed by atoms with E-state index >= 15 is 0 Å². The van der Waals surface area contributed by atoms with Gasteiger partial charge in [-0.05, 0) is 44.9 Å². The highest BCUT2D eigenvalue weighted by Gasteiger charge is 2.57. The van der Waals surface area contributed by atoms with Crippen molar-refractivity contribution in [3.05, 3.63) is 0 Å². The standard InChI is InChI=1S/C17H28N2O2/c1-3-16(2)15(21)19(12-13-8-4-5-9-13)17(14(20)18-16)10-6-7-11-17/h13H,3-12H2,1-2H3,(H,18,20). The van der Waals surface area contributed by atoms with E-state index in [0.717, 1.165) is 32.2 Å². The van der Waals surface area contributed by atoms with Crippen LogP contribution >= 0.6 is 0 Å². The first-order valence-electron chi connectivity index (χ1n) is 8.66. The summed E-state index contributed by atoms with van der Waals surface area (Å²) in [5.41, 5.74) is -1.24. The average molecular weight is 292 g/mol. The molecular formula is C17H28N2O2. The summed E-state index contributed by atoms with van der Waals surface area (Å²) in [6.07, 6.45) is 9.45. The minimum absolute atomic E-state index is 0.0990. The van der Waals surface area contributed by atoms with Crippen molar-refractivity contribution >= 4 is 11.8 Å². The first-order chi connectivity index (χ1) is 10.0. The number of amides is 2. The average Bonchev–Trinajstić information content (AvgIpc) is 3.14. The molecule has 1 saturated heterocycles. The number of nitrogens with zero attached hydrogens (tertiary/aromatic N) is 1. The molecular weight excluding hydrogens is 264 g/mol. The number of carbonyl (C=O) groups excluding carboxylic acids is 2. The van der Waals surface area contributed by atoms with Crippen molar-refractivity contribution in [2.45, 2.75) is 82.7 Å². The first kappa shape index (κ1) is 14.9. The number of rotatable bonds is 3. The van der Waals surface area contributed by atoms with E-state index in [1.807, 2.05) is 18.7 Å². The van der Waals surface area contributed by atoms with Gasteiger partial charge in [-0.3, -0.25) is 9.59 Å². The molecule has 1 N–H and O–H groups in total. The van der Waals surface area contributed by atoms with Crippen LogP contribution in [0.1, 0.15) is 71.6 Å². The third-order valence-electron chi connectivity index (χ3n) is 6.10. The lowest BCUT2D eigenvalue weighted by molar-refractivity contribution is -0.163. The molecule has 1 atom stereocenters. The summed E-state index contributed by atoms with van der Waals surface area (Å²) >= 11 is 0. The Kier molecular flexibility index (Phi) is 3.74. The van der Waals surface area contributed by atoms with Gasteiger partial charge in [0.25, 0.3) is 0 Å². The SMILES string of the molecule is CCC1(C)NC(=O)C2(CCCC2)N(CC2CCCC2)C1=O. The number of piperazine rings is 1. The predicted octanol–water partition coefficient (Wildman–Crippen LogP) is 2.62. The third-order valence-corrected chi connectivity index (χ3v) is 6.10. The summed E-state index contributed by atoms with van der Waals surface area (Å²) in [6.45, 7) is 4.66. The monoisotopic (exact) mass is 292 g/mol. The molecule has 4 nitrogen and oxygen atoms in total. The lowest BCUT2D eigenvalue weighted by Crippen LogP contribution is -2.74. The molecule has 1 heterocycles. The van der Waals surface area contributed by atoms with Crippen LogP contribution in [0.25, 0.3) is 0 Å². The van der Waals surface area contributed by atoms with Gasteiger partial charge in [0.05, 0.1) is 0 Å². The topological polar surface area (TPSA) is 49.4 Å². The van der Waals surface area contributed by atoms with E-state index in [1.54, 1.807) is 0 Å². The summed E-state index contributed by atoms with van der Waals surface area (Å²) in [4.78, 5) is 27.9. The van der Waals surface area contributed by atoms with Crippen molar-refractivity contribution in [3.63, 3.8) is 0 Å². The zero-order valence-corrected chi connectivity index (χ0v) is 13.4. The highest BCUT2D eigenvalue weighted by atomic mass is 16.2. The van der Waals surface area contributed by atoms with E-state index in [9.17, 15) is 9.59 Å². The van der Waals surface area contributed by atoms with Crippen LogP contribution < -0.4 is 5.32 Å². The van der Waals surface area contributed by atoms with E-state index < -0.39 is 11.1 Å². The minimum Gasteiger partial charge on any atom is -0.340 e. The zero-order valence-electron chi connectivity index (χ0n) is 13.4. The van der Waals surface area contributed by atoms with Gasteiger partial charge in [-0.2, -0.15) is 0 Å². The Morgan fingerprint density at radius 2 is 1.76 bits per heavy atom. The second-order valence-electron chi connectivity index (χ2n) is 7.44. The molecule has 21 heavy (non-hydrogen) atoms. The summed E-state index contributed by atoms with van der Waals surface area (Å²) in [6, 6.07) is 0. The van der Waals surface area contributed by atoms with Crippen molar-refractivity contribution in [1.29, 1.82) is 0 Å². The maximum absolute atomic E-state index is 13.1. The molecule has 0 bridgehead atoms. The van der Waals surface area contributed by atoms with Gasteiger partial charge in [0, 0.05) is 6.54 Å². The molecule has 2 amide bonds. The van der Waals surface area contributed by atoms with Crippen LogP contribution in [0.4, 0.5) is 0 Å². The number of hydrogen-bond donors (Lipinski definition) is 1. The van der Waals surface area contributed by atoms with Crippen LogP contribution in [-0.2, 0) is 9.59 Å². The molecule has 0 radical (unpaired) electrons. The van der Waals surface area contributed by atoms with E-state index in [0.29, 0.717) is 12.3 Å². The Hall–Kier alpha value is -1.06. The van der Waals surface area contributed by atoms with Gasteiger partial charge in [0.1, 0.15) is 11.1 Å². The molecule has 0 aromatic rings. The van der Waals surface area contributed by atoms with Crippen molar-refractivity contribution < 1.29 is 9.59 Å². The molecule has 3 aliphatic rings. The second-order valence-corrected chi connectivity index (χ2v) is 7.44. The number of carbonyl (C=O) groups is 2. The van der Waals surface area contributed by atoms with Gasteiger partial charge >= 0.3 is 0 Å². The third kappa shape index (κ3) is 2.27. The van der Waals surface area contributed by atoms with Crippen LogP contribution in [0, 0.1) is 5.92 Å². The summed E-state index contributed by atoms with van der Waals surface area (Å²) in [5.74, 6) is 0.846. The fraction of sp³-hybridized carbons (Fsp3) is 0.882. The fourth-order valence-corrected chi connectivity index (χ4v) is 4.44. The first-order valence-corrected chi connectivity index (χ1v) is 8.66. The molecule has 2 aliphatic carbocycles. The van der Waals surface area contributed by atoms with Gasteiger partial charge in [-0.25, -0.2) is 0 Å². The summed E-state index contributed by atoms with van der Waals surface area (Å²) < 4.78 is 0. The largest absolute Gasteiger partial charge is 0.340 e. The predicted molar refractivity (Wildman–Crippen MR) is 81.7 cm³/mol. The van der Waals surface area contributed by atoms with E-state index in [2.05, 4.69) is 5.32 Å². The van der Waals surface area contributed by atoms with Crippen molar-refractivity contribution in [1.82, 2.24) is 10.2 Å².